The number of likely N-dealkylation sites (tertiary alicyclic amines) is 1. The number of aliphatic hydroxyl groups excluding tert-OH is 1. The van der Waals surface area contributed by atoms with E-state index in [0.29, 0.717) is 11.8 Å². The molecular weight excluding hydrogens is 226 g/mol. The summed E-state index contributed by atoms with van der Waals surface area (Å²) in [4.78, 5) is 14.5. The molecule has 1 amide bonds. The molecule has 0 aromatic heterocycles. The van der Waals surface area contributed by atoms with Gasteiger partial charge in [0.2, 0.25) is 5.91 Å². The molecular formula is C15H27NO2. The third kappa shape index (κ3) is 3.25. The molecule has 0 radical (unpaired) electrons. The Morgan fingerprint density at radius 1 is 1.28 bits per heavy atom. The van der Waals surface area contributed by atoms with Crippen LogP contribution >= 0.6 is 0 Å². The van der Waals surface area contributed by atoms with Crippen LogP contribution in [-0.4, -0.2) is 35.1 Å². The molecule has 1 heterocycles. The largest absolute Gasteiger partial charge is 0.393 e. The van der Waals surface area contributed by atoms with Gasteiger partial charge < -0.3 is 10.0 Å². The maximum absolute atomic E-state index is 12.5. The van der Waals surface area contributed by atoms with E-state index in [1.165, 1.54) is 12.8 Å². The Labute approximate surface area is 111 Å². The second-order valence-corrected chi connectivity index (χ2v) is 6.40. The molecule has 0 spiro atoms. The Balaban J connectivity index is 1.91. The van der Waals surface area contributed by atoms with Crippen molar-refractivity contribution in [2.45, 2.75) is 58.5 Å². The average Bonchev–Trinajstić information content (AvgIpc) is 2.38. The van der Waals surface area contributed by atoms with Gasteiger partial charge in [-0.3, -0.25) is 4.79 Å². The Morgan fingerprint density at radius 3 is 2.72 bits per heavy atom. The summed E-state index contributed by atoms with van der Waals surface area (Å²) >= 11 is 0. The van der Waals surface area contributed by atoms with E-state index in [1.807, 2.05) is 11.8 Å². The normalized spacial score (nSPS) is 35.3. The SMILES string of the molecule is CC1CCCC(C(=O)N2CCCC(C(C)O)C2)C1. The van der Waals surface area contributed by atoms with Crippen LogP contribution in [0, 0.1) is 17.8 Å². The van der Waals surface area contributed by atoms with Crippen LogP contribution in [0.4, 0.5) is 0 Å². The van der Waals surface area contributed by atoms with Gasteiger partial charge in [-0.25, -0.2) is 0 Å². The van der Waals surface area contributed by atoms with Crippen LogP contribution in [0.5, 0.6) is 0 Å². The lowest BCUT2D eigenvalue weighted by atomic mass is 9.81. The summed E-state index contributed by atoms with van der Waals surface area (Å²) in [5, 5.41) is 9.69. The predicted molar refractivity (Wildman–Crippen MR) is 72.1 cm³/mol. The summed E-state index contributed by atoms with van der Waals surface area (Å²) in [6, 6.07) is 0. The van der Waals surface area contributed by atoms with Crippen molar-refractivity contribution in [3.63, 3.8) is 0 Å². The molecule has 1 aliphatic heterocycles. The highest BCUT2D eigenvalue weighted by Crippen LogP contribution is 2.31. The fraction of sp³-hybridized carbons (Fsp3) is 0.933. The lowest BCUT2D eigenvalue weighted by molar-refractivity contribution is -0.139. The van der Waals surface area contributed by atoms with Crippen molar-refractivity contribution in [3.05, 3.63) is 0 Å². The quantitative estimate of drug-likeness (QED) is 0.821. The second-order valence-electron chi connectivity index (χ2n) is 6.40. The summed E-state index contributed by atoms with van der Waals surface area (Å²) in [6.07, 6.45) is 6.43. The second kappa shape index (κ2) is 6.05. The number of carbonyl (C=O) groups is 1. The maximum Gasteiger partial charge on any atom is 0.225 e. The van der Waals surface area contributed by atoms with Gasteiger partial charge in [0.05, 0.1) is 6.10 Å². The summed E-state index contributed by atoms with van der Waals surface area (Å²) in [7, 11) is 0. The summed E-state index contributed by atoms with van der Waals surface area (Å²) in [6.45, 7) is 5.77. The molecule has 4 unspecified atom stereocenters. The predicted octanol–water partition coefficient (Wildman–Crippen LogP) is 2.43. The molecule has 1 saturated carbocycles. The van der Waals surface area contributed by atoms with Gasteiger partial charge in [0.1, 0.15) is 0 Å². The molecule has 2 aliphatic rings. The third-order valence-corrected chi connectivity index (χ3v) is 4.74. The first-order valence-electron chi connectivity index (χ1n) is 7.54. The zero-order valence-corrected chi connectivity index (χ0v) is 11.8. The number of amides is 1. The van der Waals surface area contributed by atoms with Crippen molar-refractivity contribution in [2.24, 2.45) is 17.8 Å². The topological polar surface area (TPSA) is 40.5 Å². The van der Waals surface area contributed by atoms with E-state index >= 15 is 0 Å². The molecule has 104 valence electrons. The smallest absolute Gasteiger partial charge is 0.225 e. The van der Waals surface area contributed by atoms with E-state index in [9.17, 15) is 9.90 Å². The molecule has 3 heteroatoms. The number of hydrogen-bond acceptors (Lipinski definition) is 2. The van der Waals surface area contributed by atoms with Crippen LogP contribution in [-0.2, 0) is 4.79 Å². The van der Waals surface area contributed by atoms with E-state index < -0.39 is 0 Å². The number of piperidine rings is 1. The maximum atomic E-state index is 12.5. The Morgan fingerprint density at radius 2 is 2.06 bits per heavy atom. The van der Waals surface area contributed by atoms with E-state index in [-0.39, 0.29) is 17.9 Å². The van der Waals surface area contributed by atoms with Gasteiger partial charge in [0.15, 0.2) is 0 Å². The fourth-order valence-corrected chi connectivity index (χ4v) is 3.52. The van der Waals surface area contributed by atoms with E-state index in [4.69, 9.17) is 0 Å². The van der Waals surface area contributed by atoms with Crippen molar-refractivity contribution in [2.75, 3.05) is 13.1 Å². The monoisotopic (exact) mass is 253 g/mol. The Hall–Kier alpha value is -0.570. The first-order valence-corrected chi connectivity index (χ1v) is 7.54. The highest BCUT2D eigenvalue weighted by Gasteiger charge is 2.32. The van der Waals surface area contributed by atoms with Gasteiger partial charge in [-0.2, -0.15) is 0 Å². The van der Waals surface area contributed by atoms with Crippen LogP contribution in [0.2, 0.25) is 0 Å². The van der Waals surface area contributed by atoms with Crippen LogP contribution in [0.25, 0.3) is 0 Å². The molecule has 4 atom stereocenters. The highest BCUT2D eigenvalue weighted by atomic mass is 16.3. The Bertz CT molecular complexity index is 290. The Kier molecular flexibility index (Phi) is 4.66. The minimum absolute atomic E-state index is 0.251. The van der Waals surface area contributed by atoms with Gasteiger partial charge in [0.25, 0.3) is 0 Å². The van der Waals surface area contributed by atoms with Crippen LogP contribution < -0.4 is 0 Å². The average molecular weight is 253 g/mol. The van der Waals surface area contributed by atoms with Crippen molar-refractivity contribution < 1.29 is 9.90 Å². The molecule has 1 N–H and O–H groups in total. The molecule has 0 bridgehead atoms. The zero-order chi connectivity index (χ0) is 13.1. The number of rotatable bonds is 2. The summed E-state index contributed by atoms with van der Waals surface area (Å²) in [5.74, 6) is 1.59. The molecule has 2 rings (SSSR count). The zero-order valence-electron chi connectivity index (χ0n) is 11.8. The molecule has 1 aliphatic carbocycles. The van der Waals surface area contributed by atoms with Crippen molar-refractivity contribution in [3.8, 4) is 0 Å². The molecule has 1 saturated heterocycles. The van der Waals surface area contributed by atoms with Crippen molar-refractivity contribution in [1.82, 2.24) is 4.90 Å². The van der Waals surface area contributed by atoms with Gasteiger partial charge in [-0.15, -0.1) is 0 Å². The minimum atomic E-state index is -0.286. The van der Waals surface area contributed by atoms with Gasteiger partial charge >= 0.3 is 0 Å². The van der Waals surface area contributed by atoms with E-state index in [1.54, 1.807) is 0 Å². The minimum Gasteiger partial charge on any atom is -0.393 e. The highest BCUT2D eigenvalue weighted by molar-refractivity contribution is 5.79. The standard InChI is InChI=1S/C15H27NO2/c1-11-5-3-6-13(9-11)15(18)16-8-4-7-14(10-16)12(2)17/h11-14,17H,3-10H2,1-2H3. The van der Waals surface area contributed by atoms with Crippen molar-refractivity contribution in [1.29, 1.82) is 0 Å². The number of carbonyl (C=O) groups excluding carboxylic acids is 1. The summed E-state index contributed by atoms with van der Waals surface area (Å²) in [5.41, 5.74) is 0. The van der Waals surface area contributed by atoms with Gasteiger partial charge in [-0.05, 0) is 38.5 Å². The van der Waals surface area contributed by atoms with Gasteiger partial charge in [-0.1, -0.05) is 19.8 Å². The molecule has 3 nitrogen and oxygen atoms in total. The molecule has 2 fully saturated rings. The lowest BCUT2D eigenvalue weighted by Crippen LogP contribution is -2.46. The molecule has 0 aromatic rings. The molecule has 0 aromatic carbocycles. The first kappa shape index (κ1) is 13.9. The molecule has 18 heavy (non-hydrogen) atoms. The van der Waals surface area contributed by atoms with Gasteiger partial charge in [0, 0.05) is 24.9 Å². The number of aliphatic hydroxyl groups is 1. The first-order chi connectivity index (χ1) is 8.58. The van der Waals surface area contributed by atoms with E-state index in [0.717, 1.165) is 38.8 Å². The third-order valence-electron chi connectivity index (χ3n) is 4.74. The van der Waals surface area contributed by atoms with Crippen LogP contribution in [0.1, 0.15) is 52.4 Å². The number of nitrogens with zero attached hydrogens (tertiary/aromatic N) is 1. The van der Waals surface area contributed by atoms with E-state index in [2.05, 4.69) is 6.92 Å². The summed E-state index contributed by atoms with van der Waals surface area (Å²) < 4.78 is 0. The number of hydrogen-bond donors (Lipinski definition) is 1. The lowest BCUT2D eigenvalue weighted by Gasteiger charge is -2.37. The van der Waals surface area contributed by atoms with Crippen LogP contribution in [0.3, 0.4) is 0 Å². The fourth-order valence-electron chi connectivity index (χ4n) is 3.52. The van der Waals surface area contributed by atoms with Crippen molar-refractivity contribution >= 4 is 5.91 Å². The van der Waals surface area contributed by atoms with Crippen LogP contribution in [0.15, 0.2) is 0 Å².